The Kier molecular flexibility index (Phi) is 2.57. The fraction of sp³-hybridized carbons (Fsp3) is 0.700. The molecule has 0 unspecified atom stereocenters. The predicted molar refractivity (Wildman–Crippen MR) is 60.5 cm³/mol. The molecule has 1 aliphatic carbocycles. The van der Waals surface area contributed by atoms with Crippen LogP contribution in [0.3, 0.4) is 0 Å². The first-order chi connectivity index (χ1) is 7.49. The summed E-state index contributed by atoms with van der Waals surface area (Å²) in [5, 5.41) is 7.02. The molecule has 16 heavy (non-hydrogen) atoms. The second-order valence-electron chi connectivity index (χ2n) is 4.54. The molecule has 1 saturated carbocycles. The zero-order valence-electron chi connectivity index (χ0n) is 9.73. The number of hydrogen-bond acceptors (Lipinski definition) is 4. The lowest BCUT2D eigenvalue weighted by Crippen LogP contribution is -2.43. The van der Waals surface area contributed by atoms with E-state index in [1.165, 1.54) is 18.8 Å². The maximum Gasteiger partial charge on any atom is 0.346 e. The molecule has 2 rings (SSSR count). The van der Waals surface area contributed by atoms with E-state index in [1.807, 2.05) is 0 Å². The largest absolute Gasteiger partial charge is 0.361 e. The Morgan fingerprint density at radius 1 is 1.31 bits per heavy atom. The molecule has 1 fully saturated rings. The molecule has 1 aliphatic rings. The molecule has 0 atom stereocenters. The number of aromatic nitrogens is 3. The molecule has 0 radical (unpaired) electrons. The zero-order chi connectivity index (χ0) is 11.9. The van der Waals surface area contributed by atoms with E-state index in [0.29, 0.717) is 12.0 Å². The Bertz CT molecular complexity index is 511. The Morgan fingerprint density at radius 2 is 1.94 bits per heavy atom. The second-order valence-corrected chi connectivity index (χ2v) is 4.54. The maximum atomic E-state index is 11.7. The van der Waals surface area contributed by atoms with Crippen molar-refractivity contribution in [3.05, 3.63) is 20.8 Å². The summed E-state index contributed by atoms with van der Waals surface area (Å²) in [6.07, 6.45) is 2.10. The van der Waals surface area contributed by atoms with E-state index in [9.17, 15) is 9.59 Å². The summed E-state index contributed by atoms with van der Waals surface area (Å²) in [5.74, 6) is 0.968. The van der Waals surface area contributed by atoms with Crippen LogP contribution in [0.2, 0.25) is 0 Å². The van der Waals surface area contributed by atoms with E-state index in [2.05, 4.69) is 17.3 Å². The number of rotatable bonds is 2. The molecular formula is C10H16N4O2. The van der Waals surface area contributed by atoms with Crippen molar-refractivity contribution in [1.29, 1.82) is 0 Å². The van der Waals surface area contributed by atoms with Crippen LogP contribution in [0.4, 0.5) is 5.82 Å². The summed E-state index contributed by atoms with van der Waals surface area (Å²) in [6, 6.07) is 0.313. The summed E-state index contributed by atoms with van der Waals surface area (Å²) in [4.78, 5) is 23.1. The second kappa shape index (κ2) is 3.77. The molecule has 88 valence electrons. The van der Waals surface area contributed by atoms with E-state index in [-0.39, 0.29) is 11.4 Å². The van der Waals surface area contributed by atoms with E-state index in [4.69, 9.17) is 0 Å². The predicted octanol–water partition coefficient (Wildman–Crippen LogP) is -0.311. The van der Waals surface area contributed by atoms with Crippen molar-refractivity contribution in [3.8, 4) is 0 Å². The molecule has 6 heteroatoms. The van der Waals surface area contributed by atoms with Crippen molar-refractivity contribution in [1.82, 2.24) is 14.3 Å². The Balaban J connectivity index is 2.28. The van der Waals surface area contributed by atoms with Gasteiger partial charge in [-0.05, 0) is 18.8 Å². The van der Waals surface area contributed by atoms with Crippen molar-refractivity contribution in [2.24, 2.45) is 20.0 Å². The average Bonchev–Trinajstić information content (AvgIpc) is 2.20. The molecule has 0 aromatic carbocycles. The van der Waals surface area contributed by atoms with E-state index < -0.39 is 5.69 Å². The third kappa shape index (κ3) is 1.75. The van der Waals surface area contributed by atoms with Gasteiger partial charge in [-0.2, -0.15) is 0 Å². The molecular weight excluding hydrogens is 208 g/mol. The highest BCUT2D eigenvalue weighted by molar-refractivity contribution is 5.32. The van der Waals surface area contributed by atoms with Crippen LogP contribution < -0.4 is 16.6 Å². The topological polar surface area (TPSA) is 68.9 Å². The van der Waals surface area contributed by atoms with E-state index in [1.54, 1.807) is 0 Å². The number of nitrogens with one attached hydrogen (secondary N) is 1. The highest BCUT2D eigenvalue weighted by Crippen LogP contribution is 2.27. The number of aryl methyl sites for hydroxylation is 1. The number of nitrogens with zero attached hydrogens (tertiary/aromatic N) is 3. The van der Waals surface area contributed by atoms with Gasteiger partial charge in [0.25, 0.3) is 5.56 Å². The molecule has 0 bridgehead atoms. The summed E-state index contributed by atoms with van der Waals surface area (Å²) >= 11 is 0. The quantitative estimate of drug-likeness (QED) is 0.748. The van der Waals surface area contributed by atoms with Gasteiger partial charge in [-0.3, -0.25) is 9.36 Å². The normalized spacial score (nSPS) is 23.9. The van der Waals surface area contributed by atoms with Crippen molar-refractivity contribution in [2.45, 2.75) is 25.8 Å². The van der Waals surface area contributed by atoms with Gasteiger partial charge in [-0.1, -0.05) is 6.92 Å². The van der Waals surface area contributed by atoms with Crippen LogP contribution in [0.25, 0.3) is 0 Å². The molecule has 0 saturated heterocycles. The van der Waals surface area contributed by atoms with Crippen LogP contribution >= 0.6 is 0 Å². The third-order valence-corrected chi connectivity index (χ3v) is 3.04. The standard InChI is InChI=1S/C10H16N4O2/c1-6-4-7(5-6)11-8-9(15)13(2)10(16)14(3)12-8/h6-7H,4-5H2,1-3H3,(H,11,12). The summed E-state index contributed by atoms with van der Waals surface area (Å²) in [6.45, 7) is 2.17. The minimum atomic E-state index is -0.405. The first kappa shape index (κ1) is 10.9. The van der Waals surface area contributed by atoms with Crippen molar-refractivity contribution < 1.29 is 0 Å². The molecule has 1 aromatic heterocycles. The van der Waals surface area contributed by atoms with Crippen LogP contribution in [0.15, 0.2) is 9.59 Å². The van der Waals surface area contributed by atoms with E-state index >= 15 is 0 Å². The van der Waals surface area contributed by atoms with Gasteiger partial charge in [0.15, 0.2) is 0 Å². The van der Waals surface area contributed by atoms with Crippen molar-refractivity contribution in [2.75, 3.05) is 5.32 Å². The van der Waals surface area contributed by atoms with Crippen LogP contribution in [-0.4, -0.2) is 20.4 Å². The lowest BCUT2D eigenvalue weighted by molar-refractivity contribution is 0.307. The lowest BCUT2D eigenvalue weighted by Gasteiger charge is -2.33. The molecule has 0 spiro atoms. The third-order valence-electron chi connectivity index (χ3n) is 3.04. The number of anilines is 1. The molecule has 1 N–H and O–H groups in total. The minimum Gasteiger partial charge on any atom is -0.361 e. The molecule has 1 aromatic rings. The highest BCUT2D eigenvalue weighted by Gasteiger charge is 2.26. The summed E-state index contributed by atoms with van der Waals surface area (Å²) in [5.41, 5.74) is -0.764. The van der Waals surface area contributed by atoms with Crippen molar-refractivity contribution >= 4 is 5.82 Å². The van der Waals surface area contributed by atoms with Gasteiger partial charge in [0.1, 0.15) is 0 Å². The Labute approximate surface area is 92.9 Å². The van der Waals surface area contributed by atoms with Crippen LogP contribution in [-0.2, 0) is 14.1 Å². The van der Waals surface area contributed by atoms with Gasteiger partial charge in [0, 0.05) is 20.1 Å². The maximum absolute atomic E-state index is 11.7. The fourth-order valence-corrected chi connectivity index (χ4v) is 2.00. The summed E-state index contributed by atoms with van der Waals surface area (Å²) in [7, 11) is 3.00. The molecule has 0 amide bonds. The number of hydrogen-bond donors (Lipinski definition) is 1. The van der Waals surface area contributed by atoms with Crippen LogP contribution in [0.5, 0.6) is 0 Å². The Hall–Kier alpha value is -1.59. The van der Waals surface area contributed by atoms with Crippen molar-refractivity contribution in [3.63, 3.8) is 0 Å². The molecule has 6 nitrogen and oxygen atoms in total. The Morgan fingerprint density at radius 3 is 2.50 bits per heavy atom. The smallest absolute Gasteiger partial charge is 0.346 e. The summed E-state index contributed by atoms with van der Waals surface area (Å²) < 4.78 is 2.24. The molecule has 0 aliphatic heterocycles. The minimum absolute atomic E-state index is 0.265. The fourth-order valence-electron chi connectivity index (χ4n) is 2.00. The van der Waals surface area contributed by atoms with Gasteiger partial charge in [0.2, 0.25) is 5.82 Å². The van der Waals surface area contributed by atoms with Gasteiger partial charge in [-0.25, -0.2) is 9.48 Å². The molecule has 1 heterocycles. The van der Waals surface area contributed by atoms with E-state index in [0.717, 1.165) is 17.4 Å². The SMILES string of the molecule is CC1CC(Nc2nn(C)c(=O)n(C)c2=O)C1. The van der Waals surface area contributed by atoms with Gasteiger partial charge >= 0.3 is 5.69 Å². The van der Waals surface area contributed by atoms with Gasteiger partial charge < -0.3 is 5.32 Å². The zero-order valence-corrected chi connectivity index (χ0v) is 9.73. The van der Waals surface area contributed by atoms with Gasteiger partial charge in [-0.15, -0.1) is 5.10 Å². The first-order valence-corrected chi connectivity index (χ1v) is 5.40. The van der Waals surface area contributed by atoms with Crippen LogP contribution in [0, 0.1) is 5.92 Å². The average molecular weight is 224 g/mol. The lowest BCUT2D eigenvalue weighted by atomic mass is 9.82. The van der Waals surface area contributed by atoms with Crippen LogP contribution in [0.1, 0.15) is 19.8 Å². The van der Waals surface area contributed by atoms with Gasteiger partial charge in [0.05, 0.1) is 0 Å². The monoisotopic (exact) mass is 224 g/mol. The highest BCUT2D eigenvalue weighted by atomic mass is 16.2. The first-order valence-electron chi connectivity index (χ1n) is 5.40.